The van der Waals surface area contributed by atoms with Crippen molar-refractivity contribution < 1.29 is 13.5 Å². The topological polar surface area (TPSA) is 54.4 Å². The number of hydrogen-bond donors (Lipinski definition) is 1. The van der Waals surface area contributed by atoms with Gasteiger partial charge in [0.1, 0.15) is 9.84 Å². The van der Waals surface area contributed by atoms with Gasteiger partial charge in [-0.2, -0.15) is 0 Å². The highest BCUT2D eigenvalue weighted by atomic mass is 32.2. The Balaban J connectivity index is 1.79. The average molecular weight is 274 g/mol. The van der Waals surface area contributed by atoms with E-state index in [1.165, 1.54) is 19.3 Å². The van der Waals surface area contributed by atoms with Gasteiger partial charge < -0.3 is 5.11 Å². The van der Waals surface area contributed by atoms with Crippen LogP contribution in [0.25, 0.3) is 0 Å². The van der Waals surface area contributed by atoms with Gasteiger partial charge in [0.15, 0.2) is 0 Å². The van der Waals surface area contributed by atoms with E-state index in [2.05, 4.69) is 0 Å². The highest BCUT2D eigenvalue weighted by molar-refractivity contribution is 7.91. The van der Waals surface area contributed by atoms with Crippen molar-refractivity contribution in [2.75, 3.05) is 11.5 Å². The average Bonchev–Trinajstić information content (AvgIpc) is 3.12. The quantitative estimate of drug-likeness (QED) is 0.810. The van der Waals surface area contributed by atoms with Crippen LogP contribution in [0, 0.1) is 11.8 Å². The van der Waals surface area contributed by atoms with Crippen LogP contribution >= 0.6 is 0 Å². The summed E-state index contributed by atoms with van der Waals surface area (Å²) in [7, 11) is -2.88. The molecule has 2 atom stereocenters. The SMILES string of the molecule is CCS(=O)(=O)CCCC1(O)CCCC(C2CC2)C1. The third-order valence-electron chi connectivity index (χ3n) is 4.69. The molecular weight excluding hydrogens is 248 g/mol. The van der Waals surface area contributed by atoms with Crippen molar-refractivity contribution in [1.29, 1.82) is 0 Å². The van der Waals surface area contributed by atoms with Gasteiger partial charge in [-0.3, -0.25) is 0 Å². The van der Waals surface area contributed by atoms with Crippen LogP contribution in [0.2, 0.25) is 0 Å². The zero-order valence-electron chi connectivity index (χ0n) is 11.4. The van der Waals surface area contributed by atoms with Crippen molar-refractivity contribution in [3.05, 3.63) is 0 Å². The maximum absolute atomic E-state index is 11.4. The van der Waals surface area contributed by atoms with Crippen LogP contribution in [0.3, 0.4) is 0 Å². The number of rotatable bonds is 6. The molecule has 0 spiro atoms. The van der Waals surface area contributed by atoms with E-state index >= 15 is 0 Å². The van der Waals surface area contributed by atoms with Crippen LogP contribution in [0.5, 0.6) is 0 Å². The largest absolute Gasteiger partial charge is 0.390 e. The Morgan fingerprint density at radius 1 is 1.22 bits per heavy atom. The molecule has 0 radical (unpaired) electrons. The molecule has 2 aliphatic carbocycles. The molecular formula is C14H26O3S. The molecule has 1 N–H and O–H groups in total. The first-order valence-corrected chi connectivity index (χ1v) is 9.19. The summed E-state index contributed by atoms with van der Waals surface area (Å²) in [5.41, 5.74) is -0.575. The maximum Gasteiger partial charge on any atom is 0.150 e. The Morgan fingerprint density at radius 2 is 1.94 bits per heavy atom. The highest BCUT2D eigenvalue weighted by Crippen LogP contribution is 2.47. The molecule has 0 heterocycles. The van der Waals surface area contributed by atoms with Gasteiger partial charge in [-0.1, -0.05) is 13.3 Å². The summed E-state index contributed by atoms with van der Waals surface area (Å²) in [4.78, 5) is 0. The van der Waals surface area contributed by atoms with Crippen molar-refractivity contribution in [3.8, 4) is 0 Å². The van der Waals surface area contributed by atoms with E-state index in [0.717, 1.165) is 25.2 Å². The molecule has 0 bridgehead atoms. The smallest absolute Gasteiger partial charge is 0.150 e. The molecule has 3 nitrogen and oxygen atoms in total. The van der Waals surface area contributed by atoms with Gasteiger partial charge in [-0.25, -0.2) is 8.42 Å². The molecule has 0 aromatic rings. The molecule has 2 saturated carbocycles. The zero-order chi connectivity index (χ0) is 13.2. The predicted octanol–water partition coefficient (Wildman–Crippen LogP) is 2.53. The minimum Gasteiger partial charge on any atom is -0.390 e. The number of aliphatic hydroxyl groups is 1. The first-order valence-electron chi connectivity index (χ1n) is 7.37. The summed E-state index contributed by atoms with van der Waals surface area (Å²) < 4.78 is 22.9. The summed E-state index contributed by atoms with van der Waals surface area (Å²) in [6.45, 7) is 1.69. The first kappa shape index (κ1) is 14.3. The second-order valence-electron chi connectivity index (χ2n) is 6.26. The van der Waals surface area contributed by atoms with Crippen LogP contribution < -0.4 is 0 Å². The second-order valence-corrected chi connectivity index (χ2v) is 8.73. The lowest BCUT2D eigenvalue weighted by Gasteiger charge is -2.37. The summed E-state index contributed by atoms with van der Waals surface area (Å²) in [5, 5.41) is 10.6. The molecule has 2 rings (SSSR count). The maximum atomic E-state index is 11.4. The molecule has 0 aromatic heterocycles. The van der Waals surface area contributed by atoms with Crippen molar-refractivity contribution in [3.63, 3.8) is 0 Å². The van der Waals surface area contributed by atoms with Crippen LogP contribution in [-0.2, 0) is 9.84 Å². The minimum atomic E-state index is -2.88. The molecule has 18 heavy (non-hydrogen) atoms. The number of sulfone groups is 1. The first-order chi connectivity index (χ1) is 8.44. The Kier molecular flexibility index (Phi) is 4.37. The lowest BCUT2D eigenvalue weighted by Crippen LogP contribution is -2.36. The second kappa shape index (κ2) is 5.49. The van der Waals surface area contributed by atoms with E-state index in [0.29, 0.717) is 18.8 Å². The van der Waals surface area contributed by atoms with Crippen LogP contribution in [0.15, 0.2) is 0 Å². The monoisotopic (exact) mass is 274 g/mol. The molecule has 2 fully saturated rings. The summed E-state index contributed by atoms with van der Waals surface area (Å²) in [6, 6.07) is 0. The highest BCUT2D eigenvalue weighted by Gasteiger charge is 2.40. The lowest BCUT2D eigenvalue weighted by atomic mass is 9.74. The predicted molar refractivity (Wildman–Crippen MR) is 73.2 cm³/mol. The lowest BCUT2D eigenvalue weighted by molar-refractivity contribution is -0.0272. The van der Waals surface area contributed by atoms with Crippen molar-refractivity contribution >= 4 is 9.84 Å². The third kappa shape index (κ3) is 3.95. The normalized spacial score (nSPS) is 33.6. The minimum absolute atomic E-state index is 0.218. The van der Waals surface area contributed by atoms with Gasteiger partial charge in [0.2, 0.25) is 0 Å². The van der Waals surface area contributed by atoms with Gasteiger partial charge in [0.05, 0.1) is 11.4 Å². The van der Waals surface area contributed by atoms with Crippen molar-refractivity contribution in [2.24, 2.45) is 11.8 Å². The Bertz CT molecular complexity index is 373. The number of hydrogen-bond acceptors (Lipinski definition) is 3. The van der Waals surface area contributed by atoms with E-state index in [-0.39, 0.29) is 11.5 Å². The Hall–Kier alpha value is -0.0900. The fourth-order valence-corrected chi connectivity index (χ4v) is 4.22. The molecule has 4 heteroatoms. The summed E-state index contributed by atoms with van der Waals surface area (Å²) in [5.74, 6) is 2.01. The van der Waals surface area contributed by atoms with Gasteiger partial charge in [-0.05, 0) is 56.8 Å². The van der Waals surface area contributed by atoms with E-state index in [1.54, 1.807) is 6.92 Å². The van der Waals surface area contributed by atoms with E-state index in [9.17, 15) is 13.5 Å². The Labute approximate surface area is 111 Å². The van der Waals surface area contributed by atoms with Crippen LogP contribution in [0.4, 0.5) is 0 Å². The van der Waals surface area contributed by atoms with E-state index in [1.807, 2.05) is 0 Å². The zero-order valence-corrected chi connectivity index (χ0v) is 12.2. The summed E-state index contributed by atoms with van der Waals surface area (Å²) >= 11 is 0. The fourth-order valence-electron chi connectivity index (χ4n) is 3.35. The third-order valence-corrected chi connectivity index (χ3v) is 6.48. The standard InChI is InChI=1S/C14H26O3S/c1-2-18(16,17)10-4-9-14(15)8-3-5-13(11-14)12-6-7-12/h12-13,15H,2-11H2,1H3. The molecule has 0 amide bonds. The van der Waals surface area contributed by atoms with Crippen LogP contribution in [-0.4, -0.2) is 30.6 Å². The van der Waals surface area contributed by atoms with Crippen molar-refractivity contribution in [1.82, 2.24) is 0 Å². The molecule has 2 aliphatic rings. The van der Waals surface area contributed by atoms with Gasteiger partial charge >= 0.3 is 0 Å². The van der Waals surface area contributed by atoms with E-state index in [4.69, 9.17) is 0 Å². The molecule has 0 aromatic carbocycles. The van der Waals surface area contributed by atoms with Gasteiger partial charge in [-0.15, -0.1) is 0 Å². The molecule has 0 saturated heterocycles. The van der Waals surface area contributed by atoms with E-state index < -0.39 is 15.4 Å². The van der Waals surface area contributed by atoms with Crippen LogP contribution in [0.1, 0.15) is 58.3 Å². The molecule has 0 aliphatic heterocycles. The summed E-state index contributed by atoms with van der Waals surface area (Å²) in [6.07, 6.45) is 8.10. The Morgan fingerprint density at radius 3 is 2.56 bits per heavy atom. The van der Waals surface area contributed by atoms with Gasteiger partial charge in [0.25, 0.3) is 0 Å². The molecule has 106 valence electrons. The van der Waals surface area contributed by atoms with Crippen molar-refractivity contribution in [2.45, 2.75) is 63.9 Å². The fraction of sp³-hybridized carbons (Fsp3) is 1.00. The van der Waals surface area contributed by atoms with Gasteiger partial charge in [0, 0.05) is 5.75 Å². The molecule has 2 unspecified atom stereocenters.